The lowest BCUT2D eigenvalue weighted by molar-refractivity contribution is 0.102. The van der Waals surface area contributed by atoms with Gasteiger partial charge in [-0.25, -0.2) is 9.50 Å². The van der Waals surface area contributed by atoms with Crippen LogP contribution in [0.5, 0.6) is 0 Å². The van der Waals surface area contributed by atoms with E-state index in [2.05, 4.69) is 20.4 Å². The number of fused-ring (bicyclic) bond motifs is 1. The highest BCUT2D eigenvalue weighted by molar-refractivity contribution is 6.30. The van der Waals surface area contributed by atoms with Gasteiger partial charge in [0.1, 0.15) is 5.56 Å². The second kappa shape index (κ2) is 5.02. The van der Waals surface area contributed by atoms with Crippen molar-refractivity contribution < 1.29 is 4.79 Å². The van der Waals surface area contributed by atoms with Crippen molar-refractivity contribution in [1.82, 2.24) is 19.6 Å². The highest BCUT2D eigenvalue weighted by Gasteiger charge is 2.20. The predicted molar refractivity (Wildman–Crippen MR) is 79.3 cm³/mol. The van der Waals surface area contributed by atoms with Crippen LogP contribution in [0.1, 0.15) is 15.9 Å². The number of hydrogen-bond donors (Lipinski definition) is 2. The summed E-state index contributed by atoms with van der Waals surface area (Å²) >= 11 is 5.84. The van der Waals surface area contributed by atoms with Gasteiger partial charge in [0.25, 0.3) is 5.91 Å². The molecule has 0 unspecified atom stereocenters. The van der Waals surface area contributed by atoms with Gasteiger partial charge in [0.15, 0.2) is 11.5 Å². The molecule has 3 rings (SSSR count). The van der Waals surface area contributed by atoms with Crippen molar-refractivity contribution in [2.24, 2.45) is 0 Å². The SMILES string of the molecule is Cc1ccncc1NC(=O)c1c(N)nn2cc(Cl)cnc12. The van der Waals surface area contributed by atoms with Crippen LogP contribution in [-0.4, -0.2) is 25.5 Å². The third kappa shape index (κ3) is 2.38. The van der Waals surface area contributed by atoms with Crippen molar-refractivity contribution in [3.63, 3.8) is 0 Å². The Kier molecular flexibility index (Phi) is 3.19. The Morgan fingerprint density at radius 3 is 3.00 bits per heavy atom. The van der Waals surface area contributed by atoms with Crippen LogP contribution in [0.4, 0.5) is 11.5 Å². The van der Waals surface area contributed by atoms with Crippen LogP contribution >= 0.6 is 11.6 Å². The second-order valence-electron chi connectivity index (χ2n) is 4.45. The minimum atomic E-state index is -0.395. The third-order valence-electron chi connectivity index (χ3n) is 2.98. The molecule has 3 heterocycles. The zero-order valence-electron chi connectivity index (χ0n) is 11.0. The first kappa shape index (κ1) is 13.3. The van der Waals surface area contributed by atoms with Crippen LogP contribution in [0, 0.1) is 6.92 Å². The van der Waals surface area contributed by atoms with Crippen molar-refractivity contribution in [1.29, 1.82) is 0 Å². The van der Waals surface area contributed by atoms with Gasteiger partial charge < -0.3 is 11.1 Å². The van der Waals surface area contributed by atoms with E-state index in [1.807, 2.05) is 6.92 Å². The second-order valence-corrected chi connectivity index (χ2v) is 4.88. The van der Waals surface area contributed by atoms with Crippen molar-refractivity contribution in [3.05, 3.63) is 47.0 Å². The van der Waals surface area contributed by atoms with E-state index in [1.165, 1.54) is 16.9 Å². The largest absolute Gasteiger partial charge is 0.381 e. The van der Waals surface area contributed by atoms with E-state index >= 15 is 0 Å². The van der Waals surface area contributed by atoms with Gasteiger partial charge >= 0.3 is 0 Å². The average Bonchev–Trinajstić information content (AvgIpc) is 2.76. The quantitative estimate of drug-likeness (QED) is 0.753. The summed E-state index contributed by atoms with van der Waals surface area (Å²) < 4.78 is 1.38. The Morgan fingerprint density at radius 2 is 2.24 bits per heavy atom. The van der Waals surface area contributed by atoms with Gasteiger partial charge in [-0.2, -0.15) is 0 Å². The van der Waals surface area contributed by atoms with E-state index in [1.54, 1.807) is 18.5 Å². The number of aryl methyl sites for hydroxylation is 1. The van der Waals surface area contributed by atoms with Gasteiger partial charge in [0.2, 0.25) is 0 Å². The Morgan fingerprint density at radius 1 is 1.43 bits per heavy atom. The van der Waals surface area contributed by atoms with Gasteiger partial charge in [-0.3, -0.25) is 9.78 Å². The molecule has 0 spiro atoms. The summed E-state index contributed by atoms with van der Waals surface area (Å²) in [7, 11) is 0. The number of nitrogens with zero attached hydrogens (tertiary/aromatic N) is 4. The fourth-order valence-corrected chi connectivity index (χ4v) is 2.07. The fraction of sp³-hybridized carbons (Fsp3) is 0.0769. The molecule has 0 radical (unpaired) electrons. The van der Waals surface area contributed by atoms with Crippen LogP contribution in [0.3, 0.4) is 0 Å². The number of amides is 1. The molecular formula is C13H11ClN6O. The number of hydrogen-bond acceptors (Lipinski definition) is 5. The number of pyridine rings is 1. The summed E-state index contributed by atoms with van der Waals surface area (Å²) in [6, 6.07) is 1.80. The number of nitrogen functional groups attached to an aromatic ring is 1. The molecule has 7 nitrogen and oxygen atoms in total. The number of anilines is 2. The minimum Gasteiger partial charge on any atom is -0.381 e. The van der Waals surface area contributed by atoms with Crippen LogP contribution in [0.25, 0.3) is 5.65 Å². The molecule has 3 aromatic heterocycles. The van der Waals surface area contributed by atoms with E-state index in [0.717, 1.165) is 5.56 Å². The van der Waals surface area contributed by atoms with Crippen molar-refractivity contribution in [2.75, 3.05) is 11.1 Å². The first-order valence-electron chi connectivity index (χ1n) is 6.07. The van der Waals surface area contributed by atoms with E-state index in [0.29, 0.717) is 16.4 Å². The molecule has 0 saturated heterocycles. The van der Waals surface area contributed by atoms with E-state index in [4.69, 9.17) is 17.3 Å². The Labute approximate surface area is 124 Å². The molecule has 0 aromatic carbocycles. The Bertz CT molecular complexity index is 844. The zero-order valence-corrected chi connectivity index (χ0v) is 11.8. The maximum atomic E-state index is 12.4. The molecule has 3 aromatic rings. The first-order valence-corrected chi connectivity index (χ1v) is 6.45. The normalized spacial score (nSPS) is 10.8. The van der Waals surface area contributed by atoms with Gasteiger partial charge in [0, 0.05) is 12.4 Å². The molecule has 3 N–H and O–H groups in total. The molecule has 1 amide bonds. The molecular weight excluding hydrogens is 292 g/mol. The van der Waals surface area contributed by atoms with E-state index < -0.39 is 5.91 Å². The topological polar surface area (TPSA) is 98.2 Å². The highest BCUT2D eigenvalue weighted by Crippen LogP contribution is 2.20. The van der Waals surface area contributed by atoms with Gasteiger partial charge in [-0.05, 0) is 18.6 Å². The number of aromatic nitrogens is 4. The summed E-state index contributed by atoms with van der Waals surface area (Å²) in [5.74, 6) is -0.308. The molecule has 0 aliphatic rings. The number of halogens is 1. The summed E-state index contributed by atoms with van der Waals surface area (Å²) in [5.41, 5.74) is 7.85. The maximum absolute atomic E-state index is 12.4. The number of nitrogens with one attached hydrogen (secondary N) is 1. The standard InChI is InChI=1S/C13H11ClN6O/c1-7-2-3-16-5-9(7)18-13(21)10-11(15)19-20-6-8(14)4-17-12(10)20/h2-6H,1H3,(H2,15,19)(H,18,21). The molecule has 0 bridgehead atoms. The van der Waals surface area contributed by atoms with Crippen molar-refractivity contribution in [3.8, 4) is 0 Å². The number of carbonyl (C=O) groups excluding carboxylic acids is 1. The molecule has 0 atom stereocenters. The smallest absolute Gasteiger partial charge is 0.263 e. The molecule has 0 saturated carbocycles. The molecule has 0 aliphatic heterocycles. The summed E-state index contributed by atoms with van der Waals surface area (Å²) in [6.45, 7) is 1.87. The number of rotatable bonds is 2. The summed E-state index contributed by atoms with van der Waals surface area (Å²) in [6.07, 6.45) is 6.19. The monoisotopic (exact) mass is 302 g/mol. The lowest BCUT2D eigenvalue weighted by atomic mass is 10.2. The molecule has 0 fully saturated rings. The minimum absolute atomic E-state index is 0.0869. The molecule has 8 heteroatoms. The van der Waals surface area contributed by atoms with Crippen molar-refractivity contribution >= 4 is 34.7 Å². The predicted octanol–water partition coefficient (Wildman–Crippen LogP) is 1.92. The summed E-state index contributed by atoms with van der Waals surface area (Å²) in [5, 5.41) is 7.19. The average molecular weight is 303 g/mol. The molecule has 21 heavy (non-hydrogen) atoms. The lowest BCUT2D eigenvalue weighted by Gasteiger charge is -2.06. The van der Waals surface area contributed by atoms with Crippen LogP contribution in [0.15, 0.2) is 30.9 Å². The summed E-state index contributed by atoms with van der Waals surface area (Å²) in [4.78, 5) is 20.5. The van der Waals surface area contributed by atoms with Gasteiger partial charge in [-0.1, -0.05) is 11.6 Å². The van der Waals surface area contributed by atoms with Gasteiger partial charge in [0.05, 0.1) is 23.1 Å². The number of nitrogens with two attached hydrogens (primary N) is 1. The van der Waals surface area contributed by atoms with E-state index in [9.17, 15) is 4.79 Å². The van der Waals surface area contributed by atoms with Gasteiger partial charge in [-0.15, -0.1) is 5.10 Å². The van der Waals surface area contributed by atoms with E-state index in [-0.39, 0.29) is 11.4 Å². The lowest BCUT2D eigenvalue weighted by Crippen LogP contribution is -2.14. The third-order valence-corrected chi connectivity index (χ3v) is 3.18. The maximum Gasteiger partial charge on any atom is 0.263 e. The zero-order chi connectivity index (χ0) is 15.0. The van der Waals surface area contributed by atoms with Crippen molar-refractivity contribution in [2.45, 2.75) is 6.92 Å². The fourth-order valence-electron chi connectivity index (χ4n) is 1.93. The Balaban J connectivity index is 2.02. The Hall–Kier alpha value is -2.67. The number of carbonyl (C=O) groups is 1. The van der Waals surface area contributed by atoms with Crippen LogP contribution < -0.4 is 11.1 Å². The van der Waals surface area contributed by atoms with Crippen LogP contribution in [-0.2, 0) is 0 Å². The first-order chi connectivity index (χ1) is 10.1. The molecule has 106 valence electrons. The molecule has 0 aliphatic carbocycles. The highest BCUT2D eigenvalue weighted by atomic mass is 35.5. The van der Waals surface area contributed by atoms with Crippen LogP contribution in [0.2, 0.25) is 5.02 Å².